The average molecular weight is 453 g/mol. The quantitative estimate of drug-likeness (QED) is 0.464. The SMILES string of the molecule is O=C(NCc1ccc(-n2cncn2)cc1)c1cnn(-c2ccc(Cl)cc2Cl)c1C1CC1. The molecule has 1 fully saturated rings. The second kappa shape index (κ2) is 8.17. The Morgan fingerprint density at radius 2 is 1.90 bits per heavy atom. The minimum atomic E-state index is -0.154. The molecule has 9 heteroatoms. The fourth-order valence-corrected chi connectivity index (χ4v) is 4.00. The Morgan fingerprint density at radius 1 is 1.10 bits per heavy atom. The van der Waals surface area contributed by atoms with Crippen molar-refractivity contribution in [3.05, 3.63) is 88.2 Å². The van der Waals surface area contributed by atoms with Crippen LogP contribution in [0.2, 0.25) is 10.0 Å². The summed E-state index contributed by atoms with van der Waals surface area (Å²) < 4.78 is 3.44. The van der Waals surface area contributed by atoms with Crippen LogP contribution in [0.15, 0.2) is 61.3 Å². The van der Waals surface area contributed by atoms with E-state index < -0.39 is 0 Å². The van der Waals surface area contributed by atoms with Crippen molar-refractivity contribution in [2.75, 3.05) is 0 Å². The van der Waals surface area contributed by atoms with E-state index in [4.69, 9.17) is 23.2 Å². The molecule has 0 aliphatic heterocycles. The van der Waals surface area contributed by atoms with Gasteiger partial charge in [-0.25, -0.2) is 14.3 Å². The van der Waals surface area contributed by atoms with Gasteiger partial charge in [0.05, 0.1) is 33.9 Å². The molecule has 1 N–H and O–H groups in total. The van der Waals surface area contributed by atoms with Gasteiger partial charge in [-0.15, -0.1) is 0 Å². The second-order valence-corrected chi connectivity index (χ2v) is 8.26. The Kier molecular flexibility index (Phi) is 5.21. The smallest absolute Gasteiger partial charge is 0.255 e. The summed E-state index contributed by atoms with van der Waals surface area (Å²) in [5.41, 5.74) is 4.08. The summed E-state index contributed by atoms with van der Waals surface area (Å²) in [6.45, 7) is 0.410. The summed E-state index contributed by atoms with van der Waals surface area (Å²) in [7, 11) is 0. The molecular weight excluding hydrogens is 435 g/mol. The van der Waals surface area contributed by atoms with Gasteiger partial charge in [0.25, 0.3) is 5.91 Å². The molecule has 0 unspecified atom stereocenters. The standard InChI is InChI=1S/C22H18Cl2N6O/c23-16-5-8-20(19(24)9-16)30-21(15-3-4-15)18(11-27-30)22(31)26-10-14-1-6-17(7-2-14)29-13-25-12-28-29/h1-2,5-9,11-13,15H,3-4,10H2,(H,26,31). The fraction of sp³-hybridized carbons (Fsp3) is 0.182. The van der Waals surface area contributed by atoms with Gasteiger partial charge >= 0.3 is 0 Å². The predicted molar refractivity (Wildman–Crippen MR) is 118 cm³/mol. The average Bonchev–Trinajstić information content (AvgIpc) is 3.28. The molecule has 0 spiro atoms. The minimum absolute atomic E-state index is 0.154. The topological polar surface area (TPSA) is 77.6 Å². The first-order chi connectivity index (χ1) is 15.1. The Balaban J connectivity index is 1.34. The number of benzene rings is 2. The summed E-state index contributed by atoms with van der Waals surface area (Å²) >= 11 is 12.4. The highest BCUT2D eigenvalue weighted by Crippen LogP contribution is 2.43. The molecule has 7 nitrogen and oxygen atoms in total. The molecule has 0 bridgehead atoms. The van der Waals surface area contributed by atoms with Crippen molar-refractivity contribution in [3.8, 4) is 11.4 Å². The van der Waals surface area contributed by atoms with Crippen LogP contribution in [-0.4, -0.2) is 30.5 Å². The first kappa shape index (κ1) is 19.8. The third kappa shape index (κ3) is 4.06. The molecule has 0 saturated heterocycles. The number of hydrogen-bond donors (Lipinski definition) is 1. The van der Waals surface area contributed by atoms with Crippen molar-refractivity contribution in [3.63, 3.8) is 0 Å². The first-order valence-corrected chi connectivity index (χ1v) is 10.6. The van der Waals surface area contributed by atoms with E-state index in [0.29, 0.717) is 28.1 Å². The predicted octanol–water partition coefficient (Wildman–Crippen LogP) is 4.57. The lowest BCUT2D eigenvalue weighted by molar-refractivity contribution is 0.0950. The van der Waals surface area contributed by atoms with Gasteiger partial charge in [-0.1, -0.05) is 35.3 Å². The number of rotatable bonds is 6. The van der Waals surface area contributed by atoms with Crippen LogP contribution in [0, 0.1) is 0 Å². The fourth-order valence-electron chi connectivity index (χ4n) is 3.51. The Morgan fingerprint density at radius 3 is 2.58 bits per heavy atom. The number of carbonyl (C=O) groups is 1. The molecule has 156 valence electrons. The van der Waals surface area contributed by atoms with Gasteiger partial charge in [-0.05, 0) is 48.7 Å². The van der Waals surface area contributed by atoms with Crippen LogP contribution in [0.1, 0.15) is 40.4 Å². The van der Waals surface area contributed by atoms with E-state index in [0.717, 1.165) is 35.5 Å². The molecule has 0 atom stereocenters. The van der Waals surface area contributed by atoms with Gasteiger partial charge in [0.2, 0.25) is 0 Å². The first-order valence-electron chi connectivity index (χ1n) is 9.85. The second-order valence-electron chi connectivity index (χ2n) is 7.41. The normalized spacial score (nSPS) is 13.4. The number of carbonyl (C=O) groups excluding carboxylic acids is 1. The van der Waals surface area contributed by atoms with Gasteiger partial charge in [0.1, 0.15) is 12.7 Å². The lowest BCUT2D eigenvalue weighted by Gasteiger charge is -2.11. The molecule has 0 radical (unpaired) electrons. The van der Waals surface area contributed by atoms with E-state index in [2.05, 4.69) is 20.5 Å². The zero-order chi connectivity index (χ0) is 21.4. The molecule has 31 heavy (non-hydrogen) atoms. The Bertz CT molecular complexity index is 1230. The van der Waals surface area contributed by atoms with E-state index in [1.807, 2.05) is 30.3 Å². The largest absolute Gasteiger partial charge is 0.348 e. The van der Waals surface area contributed by atoms with Gasteiger partial charge in [0.15, 0.2) is 0 Å². The van der Waals surface area contributed by atoms with Crippen LogP contribution in [0.25, 0.3) is 11.4 Å². The molecule has 2 heterocycles. The van der Waals surface area contributed by atoms with E-state index in [1.165, 1.54) is 6.33 Å². The van der Waals surface area contributed by atoms with Crippen molar-refractivity contribution in [2.45, 2.75) is 25.3 Å². The Labute approximate surface area is 188 Å². The molecule has 1 aliphatic rings. The zero-order valence-electron chi connectivity index (χ0n) is 16.4. The Hall–Kier alpha value is -3.16. The highest BCUT2D eigenvalue weighted by Gasteiger charge is 2.33. The van der Waals surface area contributed by atoms with Crippen LogP contribution in [0.5, 0.6) is 0 Å². The number of nitrogens with zero attached hydrogens (tertiary/aromatic N) is 5. The lowest BCUT2D eigenvalue weighted by atomic mass is 10.1. The maximum atomic E-state index is 13.0. The van der Waals surface area contributed by atoms with Crippen LogP contribution < -0.4 is 5.32 Å². The summed E-state index contributed by atoms with van der Waals surface area (Å²) in [5, 5.41) is 12.6. The van der Waals surface area contributed by atoms with Crippen LogP contribution in [0.4, 0.5) is 0 Å². The van der Waals surface area contributed by atoms with Gasteiger partial charge < -0.3 is 5.32 Å². The third-order valence-electron chi connectivity index (χ3n) is 5.23. The van der Waals surface area contributed by atoms with Crippen LogP contribution in [-0.2, 0) is 6.54 Å². The number of amides is 1. The van der Waals surface area contributed by atoms with Crippen LogP contribution >= 0.6 is 23.2 Å². The number of hydrogen-bond acceptors (Lipinski definition) is 4. The lowest BCUT2D eigenvalue weighted by Crippen LogP contribution is -2.23. The van der Waals surface area contributed by atoms with Crippen LogP contribution in [0.3, 0.4) is 0 Å². The molecule has 1 aliphatic carbocycles. The molecule has 1 amide bonds. The maximum Gasteiger partial charge on any atom is 0.255 e. The zero-order valence-corrected chi connectivity index (χ0v) is 17.9. The highest BCUT2D eigenvalue weighted by atomic mass is 35.5. The van der Waals surface area contributed by atoms with Crippen molar-refractivity contribution in [1.82, 2.24) is 29.9 Å². The van der Waals surface area contributed by atoms with E-state index in [1.54, 1.807) is 34.0 Å². The summed E-state index contributed by atoms with van der Waals surface area (Å²) in [5.74, 6) is 0.149. The molecule has 4 aromatic rings. The molecule has 1 saturated carbocycles. The third-order valence-corrected chi connectivity index (χ3v) is 5.76. The summed E-state index contributed by atoms with van der Waals surface area (Å²) in [6, 6.07) is 13.1. The summed E-state index contributed by atoms with van der Waals surface area (Å²) in [6.07, 6.45) is 6.80. The maximum absolute atomic E-state index is 13.0. The number of aromatic nitrogens is 5. The monoisotopic (exact) mass is 452 g/mol. The van der Waals surface area contributed by atoms with E-state index in [-0.39, 0.29) is 5.91 Å². The van der Waals surface area contributed by atoms with Gasteiger partial charge in [-0.2, -0.15) is 10.2 Å². The van der Waals surface area contributed by atoms with Gasteiger partial charge in [0, 0.05) is 17.5 Å². The molecule has 2 aromatic carbocycles. The van der Waals surface area contributed by atoms with E-state index in [9.17, 15) is 4.79 Å². The van der Waals surface area contributed by atoms with Crippen molar-refractivity contribution < 1.29 is 4.79 Å². The molecule has 5 rings (SSSR count). The number of nitrogens with one attached hydrogen (secondary N) is 1. The van der Waals surface area contributed by atoms with E-state index >= 15 is 0 Å². The van der Waals surface area contributed by atoms with Crippen molar-refractivity contribution in [1.29, 1.82) is 0 Å². The summed E-state index contributed by atoms with van der Waals surface area (Å²) in [4.78, 5) is 16.9. The number of halogens is 2. The van der Waals surface area contributed by atoms with Crippen molar-refractivity contribution >= 4 is 29.1 Å². The van der Waals surface area contributed by atoms with Gasteiger partial charge in [-0.3, -0.25) is 4.79 Å². The van der Waals surface area contributed by atoms with Crippen molar-refractivity contribution in [2.24, 2.45) is 0 Å². The highest BCUT2D eigenvalue weighted by molar-refractivity contribution is 6.35. The molecule has 2 aromatic heterocycles. The minimum Gasteiger partial charge on any atom is -0.348 e. The molecular formula is C22H18Cl2N6O.